The molecule has 1 N–H and O–H groups in total. The maximum absolute atomic E-state index is 12.5. The fourth-order valence-electron chi connectivity index (χ4n) is 2.38. The number of piperidine rings is 1. The summed E-state index contributed by atoms with van der Waals surface area (Å²) in [6, 6.07) is 6.55. The summed E-state index contributed by atoms with van der Waals surface area (Å²) in [5.74, 6) is 0. The molecule has 6 nitrogen and oxygen atoms in total. The Morgan fingerprint density at radius 1 is 1.05 bits per heavy atom. The van der Waals surface area contributed by atoms with Gasteiger partial charge >= 0.3 is 0 Å². The molecule has 1 aromatic rings. The smallest absolute Gasteiger partial charge is 0.213 e. The van der Waals surface area contributed by atoms with Crippen LogP contribution in [-0.2, 0) is 20.0 Å². The van der Waals surface area contributed by atoms with E-state index in [1.165, 1.54) is 4.31 Å². The molecule has 0 radical (unpaired) electrons. The van der Waals surface area contributed by atoms with Crippen molar-refractivity contribution in [3.8, 4) is 0 Å². The van der Waals surface area contributed by atoms with Crippen LogP contribution >= 0.6 is 0 Å². The normalized spacial score (nSPS) is 18.8. The molecular weight excluding hydrogens is 312 g/mol. The molecule has 21 heavy (non-hydrogen) atoms. The lowest BCUT2D eigenvalue weighted by atomic mass is 10.1. The standard InChI is InChI=1S/C13H20N2O4S2/c1-11-3-5-13(6-4-11)21(18,19)15-9-7-12(8-10-15)14-20(2,16)17/h3-6,12,14H,7-10H2,1-2H3. The van der Waals surface area contributed by atoms with Crippen molar-refractivity contribution in [1.82, 2.24) is 9.03 Å². The van der Waals surface area contributed by atoms with E-state index in [9.17, 15) is 16.8 Å². The fourth-order valence-corrected chi connectivity index (χ4v) is 4.69. The van der Waals surface area contributed by atoms with Gasteiger partial charge in [-0.05, 0) is 31.9 Å². The van der Waals surface area contributed by atoms with Gasteiger partial charge in [-0.2, -0.15) is 4.31 Å². The van der Waals surface area contributed by atoms with Crippen LogP contribution in [0.15, 0.2) is 29.2 Å². The Labute approximate surface area is 126 Å². The molecule has 0 spiro atoms. The lowest BCUT2D eigenvalue weighted by molar-refractivity contribution is 0.309. The Morgan fingerprint density at radius 3 is 2.05 bits per heavy atom. The van der Waals surface area contributed by atoms with Gasteiger partial charge in [-0.25, -0.2) is 21.6 Å². The van der Waals surface area contributed by atoms with E-state index < -0.39 is 20.0 Å². The van der Waals surface area contributed by atoms with E-state index in [0.29, 0.717) is 25.9 Å². The number of rotatable bonds is 4. The van der Waals surface area contributed by atoms with Crippen LogP contribution in [0.5, 0.6) is 0 Å². The van der Waals surface area contributed by atoms with Crippen molar-refractivity contribution in [2.75, 3.05) is 19.3 Å². The zero-order valence-electron chi connectivity index (χ0n) is 12.1. The summed E-state index contributed by atoms with van der Waals surface area (Å²) in [6.07, 6.45) is 2.08. The molecule has 1 aliphatic heterocycles. The van der Waals surface area contributed by atoms with E-state index in [2.05, 4.69) is 4.72 Å². The van der Waals surface area contributed by atoms with E-state index >= 15 is 0 Å². The highest BCUT2D eigenvalue weighted by Crippen LogP contribution is 2.21. The summed E-state index contributed by atoms with van der Waals surface area (Å²) < 4.78 is 51.3. The minimum Gasteiger partial charge on any atom is -0.213 e. The first kappa shape index (κ1) is 16.4. The Kier molecular flexibility index (Phi) is 4.72. The van der Waals surface area contributed by atoms with Crippen LogP contribution in [0.25, 0.3) is 0 Å². The van der Waals surface area contributed by atoms with Gasteiger partial charge in [0.2, 0.25) is 20.0 Å². The quantitative estimate of drug-likeness (QED) is 0.879. The average molecular weight is 332 g/mol. The van der Waals surface area contributed by atoms with Gasteiger partial charge in [-0.3, -0.25) is 0 Å². The van der Waals surface area contributed by atoms with Crippen molar-refractivity contribution in [2.24, 2.45) is 0 Å². The number of hydrogen-bond donors (Lipinski definition) is 1. The predicted octanol–water partition coefficient (Wildman–Crippen LogP) is 0.697. The molecule has 1 fully saturated rings. The second-order valence-electron chi connectivity index (χ2n) is 5.38. The first-order chi connectivity index (χ1) is 9.68. The SMILES string of the molecule is Cc1ccc(S(=O)(=O)N2CCC(NS(C)(=O)=O)CC2)cc1. The Hall–Kier alpha value is -0.960. The summed E-state index contributed by atoms with van der Waals surface area (Å²) in [4.78, 5) is 0.280. The van der Waals surface area contributed by atoms with Gasteiger partial charge in [0.25, 0.3) is 0 Å². The molecule has 0 saturated carbocycles. The summed E-state index contributed by atoms with van der Waals surface area (Å²) in [5.41, 5.74) is 1.00. The van der Waals surface area contributed by atoms with Crippen LogP contribution in [0.2, 0.25) is 0 Å². The van der Waals surface area contributed by atoms with Crippen LogP contribution in [0.1, 0.15) is 18.4 Å². The molecular formula is C13H20N2O4S2. The minimum absolute atomic E-state index is 0.190. The van der Waals surface area contributed by atoms with Gasteiger partial charge in [0.05, 0.1) is 11.2 Å². The van der Waals surface area contributed by atoms with Crippen molar-refractivity contribution in [1.29, 1.82) is 0 Å². The van der Waals surface area contributed by atoms with Crippen LogP contribution in [-0.4, -0.2) is 46.5 Å². The van der Waals surface area contributed by atoms with Gasteiger partial charge in [0, 0.05) is 19.1 Å². The van der Waals surface area contributed by atoms with Gasteiger partial charge in [-0.15, -0.1) is 0 Å². The molecule has 0 bridgehead atoms. The van der Waals surface area contributed by atoms with E-state index in [-0.39, 0.29) is 10.9 Å². The molecule has 0 aliphatic carbocycles. The molecule has 118 valence electrons. The molecule has 8 heteroatoms. The third-order valence-corrected chi connectivity index (χ3v) is 6.17. The first-order valence-corrected chi connectivity index (χ1v) is 10.1. The molecule has 1 heterocycles. The third kappa shape index (κ3) is 4.26. The number of nitrogens with one attached hydrogen (secondary N) is 1. The molecule has 0 aromatic heterocycles. The van der Waals surface area contributed by atoms with Crippen molar-refractivity contribution in [3.05, 3.63) is 29.8 Å². The predicted molar refractivity (Wildman–Crippen MR) is 80.9 cm³/mol. The lowest BCUT2D eigenvalue weighted by Crippen LogP contribution is -2.46. The largest absolute Gasteiger partial charge is 0.243 e. The van der Waals surface area contributed by atoms with Crippen LogP contribution < -0.4 is 4.72 Å². The average Bonchev–Trinajstić information content (AvgIpc) is 2.38. The van der Waals surface area contributed by atoms with Crippen molar-refractivity contribution in [2.45, 2.75) is 30.7 Å². The fraction of sp³-hybridized carbons (Fsp3) is 0.538. The van der Waals surface area contributed by atoms with Gasteiger partial charge in [0.15, 0.2) is 0 Å². The zero-order valence-corrected chi connectivity index (χ0v) is 13.7. The van der Waals surface area contributed by atoms with E-state index in [4.69, 9.17) is 0 Å². The highest BCUT2D eigenvalue weighted by Gasteiger charge is 2.30. The topological polar surface area (TPSA) is 83.6 Å². The molecule has 1 aliphatic rings. The monoisotopic (exact) mass is 332 g/mol. The molecule has 1 saturated heterocycles. The number of aryl methyl sites for hydroxylation is 1. The summed E-state index contributed by atoms with van der Waals surface area (Å²) in [7, 11) is -6.74. The molecule has 2 rings (SSSR count). The Bertz CT molecular complexity index is 688. The highest BCUT2D eigenvalue weighted by molar-refractivity contribution is 7.89. The van der Waals surface area contributed by atoms with Crippen molar-refractivity contribution < 1.29 is 16.8 Å². The van der Waals surface area contributed by atoms with Gasteiger partial charge < -0.3 is 0 Å². The third-order valence-electron chi connectivity index (χ3n) is 3.49. The molecule has 0 atom stereocenters. The first-order valence-electron chi connectivity index (χ1n) is 6.72. The summed E-state index contributed by atoms with van der Waals surface area (Å²) in [6.45, 7) is 2.55. The number of hydrogen-bond acceptors (Lipinski definition) is 4. The Balaban J connectivity index is 2.06. The minimum atomic E-state index is -3.49. The number of benzene rings is 1. The van der Waals surface area contributed by atoms with Crippen LogP contribution in [0.3, 0.4) is 0 Å². The summed E-state index contributed by atoms with van der Waals surface area (Å²) >= 11 is 0. The van der Waals surface area contributed by atoms with E-state index in [0.717, 1.165) is 11.8 Å². The molecule has 1 aromatic carbocycles. The van der Waals surface area contributed by atoms with Crippen molar-refractivity contribution in [3.63, 3.8) is 0 Å². The molecule has 0 unspecified atom stereocenters. The summed E-state index contributed by atoms with van der Waals surface area (Å²) in [5, 5.41) is 0. The number of nitrogens with zero attached hydrogens (tertiary/aromatic N) is 1. The second-order valence-corrected chi connectivity index (χ2v) is 9.10. The van der Waals surface area contributed by atoms with Crippen LogP contribution in [0.4, 0.5) is 0 Å². The maximum Gasteiger partial charge on any atom is 0.243 e. The van der Waals surface area contributed by atoms with Crippen LogP contribution in [0, 0.1) is 6.92 Å². The lowest BCUT2D eigenvalue weighted by Gasteiger charge is -2.31. The maximum atomic E-state index is 12.5. The van der Waals surface area contributed by atoms with Crippen molar-refractivity contribution >= 4 is 20.0 Å². The van der Waals surface area contributed by atoms with E-state index in [1.807, 2.05) is 6.92 Å². The molecule has 0 amide bonds. The highest BCUT2D eigenvalue weighted by atomic mass is 32.2. The number of sulfonamides is 2. The van der Waals surface area contributed by atoms with Gasteiger partial charge in [-0.1, -0.05) is 17.7 Å². The Morgan fingerprint density at radius 2 is 1.57 bits per heavy atom. The second kappa shape index (κ2) is 6.04. The van der Waals surface area contributed by atoms with E-state index in [1.54, 1.807) is 24.3 Å². The zero-order chi connectivity index (χ0) is 15.7. The van der Waals surface area contributed by atoms with Gasteiger partial charge in [0.1, 0.15) is 0 Å².